The maximum Gasteiger partial charge on any atom is 0.359 e. The fraction of sp³-hybridized carbons (Fsp3) is 0.368. The molecule has 0 atom stereocenters. The molecule has 7 nitrogen and oxygen atoms in total. The van der Waals surface area contributed by atoms with E-state index in [1.165, 1.54) is 0 Å². The van der Waals surface area contributed by atoms with Gasteiger partial charge >= 0.3 is 5.97 Å². The summed E-state index contributed by atoms with van der Waals surface area (Å²) >= 11 is 0. The number of benzene rings is 1. The Bertz CT molecular complexity index is 928. The molecule has 0 saturated carbocycles. The number of rotatable bonds is 5. The Kier molecular flexibility index (Phi) is 4.28. The number of carbonyl (C=O) groups excluding carboxylic acids is 1. The molecular weight excluding hydrogens is 332 g/mol. The van der Waals surface area contributed by atoms with Crippen molar-refractivity contribution in [1.82, 2.24) is 19.9 Å². The van der Waals surface area contributed by atoms with Gasteiger partial charge in [-0.1, -0.05) is 37.2 Å². The molecule has 3 aromatic rings. The highest BCUT2D eigenvalue weighted by atomic mass is 16.6. The zero-order valence-corrected chi connectivity index (χ0v) is 14.8. The van der Waals surface area contributed by atoms with Gasteiger partial charge in [-0.15, -0.1) is 0 Å². The molecule has 7 heteroatoms. The number of hydrogen-bond acceptors (Lipinski definition) is 6. The SMILES string of the molecule is CC(C)c1noc(COC(=O)c2nn(-c3ccccc3)c3c2CCC3)n1. The van der Waals surface area contributed by atoms with Crippen LogP contribution in [0.3, 0.4) is 0 Å². The van der Waals surface area contributed by atoms with Gasteiger partial charge in [-0.25, -0.2) is 9.48 Å². The molecule has 134 valence electrons. The Balaban J connectivity index is 1.55. The number of fused-ring (bicyclic) bond motifs is 1. The first-order valence-electron chi connectivity index (χ1n) is 8.79. The van der Waals surface area contributed by atoms with Gasteiger partial charge in [0.2, 0.25) is 0 Å². The molecule has 0 radical (unpaired) electrons. The van der Waals surface area contributed by atoms with E-state index in [1.807, 2.05) is 48.9 Å². The summed E-state index contributed by atoms with van der Waals surface area (Å²) in [7, 11) is 0. The van der Waals surface area contributed by atoms with E-state index < -0.39 is 5.97 Å². The summed E-state index contributed by atoms with van der Waals surface area (Å²) in [5.74, 6) is 0.599. The van der Waals surface area contributed by atoms with Gasteiger partial charge in [-0.05, 0) is 31.4 Å². The monoisotopic (exact) mass is 352 g/mol. The zero-order valence-electron chi connectivity index (χ0n) is 14.8. The average Bonchev–Trinajstić information content (AvgIpc) is 3.36. The quantitative estimate of drug-likeness (QED) is 0.656. The Labute approximate surface area is 151 Å². The van der Waals surface area contributed by atoms with E-state index in [1.54, 1.807) is 0 Å². The van der Waals surface area contributed by atoms with E-state index in [0.717, 1.165) is 36.2 Å². The number of nitrogens with zero attached hydrogens (tertiary/aromatic N) is 4. The number of esters is 1. The fourth-order valence-electron chi connectivity index (χ4n) is 3.14. The normalized spacial score (nSPS) is 13.2. The Morgan fingerprint density at radius 3 is 2.81 bits per heavy atom. The predicted molar refractivity (Wildman–Crippen MR) is 93.1 cm³/mol. The highest BCUT2D eigenvalue weighted by molar-refractivity contribution is 5.89. The van der Waals surface area contributed by atoms with Gasteiger partial charge in [0, 0.05) is 17.2 Å². The molecule has 26 heavy (non-hydrogen) atoms. The van der Waals surface area contributed by atoms with Crippen LogP contribution in [0.15, 0.2) is 34.9 Å². The van der Waals surface area contributed by atoms with Crippen molar-refractivity contribution < 1.29 is 14.1 Å². The Morgan fingerprint density at radius 2 is 2.08 bits per heavy atom. The second-order valence-corrected chi connectivity index (χ2v) is 6.65. The molecule has 0 bridgehead atoms. The molecule has 2 aromatic heterocycles. The predicted octanol–water partition coefficient (Wildman–Crippen LogP) is 3.22. The summed E-state index contributed by atoms with van der Waals surface area (Å²) in [6.45, 7) is 3.89. The van der Waals surface area contributed by atoms with Gasteiger partial charge in [0.05, 0.1) is 5.69 Å². The average molecular weight is 352 g/mol. The lowest BCUT2D eigenvalue weighted by Crippen LogP contribution is -2.09. The maximum absolute atomic E-state index is 12.6. The van der Waals surface area contributed by atoms with Gasteiger partial charge in [0.1, 0.15) is 0 Å². The fourth-order valence-corrected chi connectivity index (χ4v) is 3.14. The minimum atomic E-state index is -0.456. The van der Waals surface area contributed by atoms with Crippen molar-refractivity contribution in [3.8, 4) is 5.69 Å². The van der Waals surface area contributed by atoms with E-state index in [9.17, 15) is 4.79 Å². The van der Waals surface area contributed by atoms with Crippen molar-refractivity contribution in [3.05, 3.63) is 59.0 Å². The summed E-state index contributed by atoms with van der Waals surface area (Å²) in [4.78, 5) is 16.8. The van der Waals surface area contributed by atoms with Crippen LogP contribution in [0.4, 0.5) is 0 Å². The molecule has 0 aliphatic heterocycles. The summed E-state index contributed by atoms with van der Waals surface area (Å²) < 4.78 is 12.3. The lowest BCUT2D eigenvalue weighted by Gasteiger charge is -2.04. The number of hydrogen-bond donors (Lipinski definition) is 0. The van der Waals surface area contributed by atoms with Crippen molar-refractivity contribution in [2.45, 2.75) is 45.6 Å². The summed E-state index contributed by atoms with van der Waals surface area (Å²) in [5, 5.41) is 8.39. The standard InChI is InChI=1S/C19H20N4O3/c1-12(2)18-20-16(26-22-18)11-25-19(24)17-14-9-6-10-15(14)23(21-17)13-7-4-3-5-8-13/h3-5,7-8,12H,6,9-11H2,1-2H3. The molecule has 1 aromatic carbocycles. The minimum Gasteiger partial charge on any atom is -0.451 e. The third-order valence-corrected chi connectivity index (χ3v) is 4.45. The van der Waals surface area contributed by atoms with E-state index in [-0.39, 0.29) is 12.5 Å². The molecule has 4 rings (SSSR count). The number of aromatic nitrogens is 4. The molecule has 0 saturated heterocycles. The Morgan fingerprint density at radius 1 is 1.27 bits per heavy atom. The minimum absolute atomic E-state index is 0.0501. The van der Waals surface area contributed by atoms with Gasteiger partial charge in [0.25, 0.3) is 5.89 Å². The topological polar surface area (TPSA) is 83.0 Å². The van der Waals surface area contributed by atoms with Crippen LogP contribution in [0.5, 0.6) is 0 Å². The Hall–Kier alpha value is -2.96. The van der Waals surface area contributed by atoms with E-state index in [2.05, 4.69) is 15.2 Å². The van der Waals surface area contributed by atoms with Crippen LogP contribution < -0.4 is 0 Å². The van der Waals surface area contributed by atoms with Crippen LogP contribution in [0.1, 0.15) is 59.6 Å². The molecule has 0 N–H and O–H groups in total. The first-order chi connectivity index (χ1) is 12.6. The number of para-hydroxylation sites is 1. The molecule has 0 fully saturated rings. The first kappa shape index (κ1) is 16.5. The third-order valence-electron chi connectivity index (χ3n) is 4.45. The largest absolute Gasteiger partial charge is 0.451 e. The smallest absolute Gasteiger partial charge is 0.359 e. The highest BCUT2D eigenvalue weighted by Crippen LogP contribution is 2.28. The third kappa shape index (κ3) is 3.00. The molecule has 0 spiro atoms. The van der Waals surface area contributed by atoms with Crippen LogP contribution >= 0.6 is 0 Å². The molecule has 0 unspecified atom stereocenters. The van der Waals surface area contributed by atoms with Crippen LogP contribution in [0.25, 0.3) is 5.69 Å². The summed E-state index contributed by atoms with van der Waals surface area (Å²) in [6, 6.07) is 9.83. The van der Waals surface area contributed by atoms with Crippen LogP contribution in [0, 0.1) is 0 Å². The molecule has 2 heterocycles. The zero-order chi connectivity index (χ0) is 18.1. The lowest BCUT2D eigenvalue weighted by molar-refractivity contribution is 0.0421. The van der Waals surface area contributed by atoms with E-state index >= 15 is 0 Å². The molecule has 0 amide bonds. The van der Waals surface area contributed by atoms with Crippen molar-refractivity contribution in [2.75, 3.05) is 0 Å². The van der Waals surface area contributed by atoms with Crippen LogP contribution in [0.2, 0.25) is 0 Å². The van der Waals surface area contributed by atoms with E-state index in [4.69, 9.17) is 9.26 Å². The second kappa shape index (κ2) is 6.74. The van der Waals surface area contributed by atoms with Crippen LogP contribution in [-0.4, -0.2) is 25.9 Å². The van der Waals surface area contributed by atoms with Gasteiger partial charge in [-0.2, -0.15) is 10.1 Å². The molecule has 1 aliphatic rings. The van der Waals surface area contributed by atoms with Gasteiger partial charge in [-0.3, -0.25) is 0 Å². The van der Waals surface area contributed by atoms with E-state index in [0.29, 0.717) is 17.4 Å². The maximum atomic E-state index is 12.6. The van der Waals surface area contributed by atoms with Gasteiger partial charge < -0.3 is 9.26 Å². The molecule has 1 aliphatic carbocycles. The van der Waals surface area contributed by atoms with Crippen molar-refractivity contribution in [1.29, 1.82) is 0 Å². The van der Waals surface area contributed by atoms with Crippen LogP contribution in [-0.2, 0) is 24.2 Å². The first-order valence-corrected chi connectivity index (χ1v) is 8.79. The second-order valence-electron chi connectivity index (χ2n) is 6.65. The summed E-state index contributed by atoms with van der Waals surface area (Å²) in [6.07, 6.45) is 2.76. The number of carbonyl (C=O) groups is 1. The molecular formula is C19H20N4O3. The highest BCUT2D eigenvalue weighted by Gasteiger charge is 2.28. The van der Waals surface area contributed by atoms with Gasteiger partial charge in [0.15, 0.2) is 18.1 Å². The lowest BCUT2D eigenvalue weighted by atomic mass is 10.2. The number of ether oxygens (including phenoxy) is 1. The van der Waals surface area contributed by atoms with Crippen molar-refractivity contribution in [3.63, 3.8) is 0 Å². The van der Waals surface area contributed by atoms with Crippen molar-refractivity contribution >= 4 is 5.97 Å². The van der Waals surface area contributed by atoms with Crippen molar-refractivity contribution in [2.24, 2.45) is 0 Å². The summed E-state index contributed by atoms with van der Waals surface area (Å²) in [5.41, 5.74) is 3.39.